The van der Waals surface area contributed by atoms with Gasteiger partial charge in [0.15, 0.2) is 0 Å². The number of nitrogens with zero attached hydrogens (tertiary/aromatic N) is 2. The summed E-state index contributed by atoms with van der Waals surface area (Å²) < 4.78 is 11.4. The Morgan fingerprint density at radius 1 is 1.10 bits per heavy atom. The molecule has 0 spiro atoms. The topological polar surface area (TPSA) is 132 Å². The summed E-state index contributed by atoms with van der Waals surface area (Å²) in [7, 11) is 0. The molecule has 10 nitrogen and oxygen atoms in total. The maximum atomic E-state index is 11.5. The van der Waals surface area contributed by atoms with Gasteiger partial charge in [-0.2, -0.15) is 0 Å². The lowest BCUT2D eigenvalue weighted by molar-refractivity contribution is -0.244. The van der Waals surface area contributed by atoms with Crippen molar-refractivity contribution in [2.45, 2.75) is 44.5 Å². The zero-order chi connectivity index (χ0) is 21.8. The summed E-state index contributed by atoms with van der Waals surface area (Å²) in [5.41, 5.74) is 0.984. The minimum Gasteiger partial charge on any atom is -0.463 e. The number of hydrogen-bond donors (Lipinski definition) is 4. The maximum Gasteiger partial charge on any atom is 0.223 e. The molecule has 1 aromatic carbocycles. The quantitative estimate of drug-likeness (QED) is 0.459. The molecule has 0 aliphatic carbocycles. The van der Waals surface area contributed by atoms with Gasteiger partial charge in [0.25, 0.3) is 0 Å². The van der Waals surface area contributed by atoms with Crippen molar-refractivity contribution < 1.29 is 34.4 Å². The van der Waals surface area contributed by atoms with Gasteiger partial charge in [-0.25, -0.2) is 0 Å². The Balaban J connectivity index is 1.67. The van der Waals surface area contributed by atoms with Gasteiger partial charge in [0, 0.05) is 45.7 Å². The first-order valence-corrected chi connectivity index (χ1v) is 9.97. The summed E-state index contributed by atoms with van der Waals surface area (Å²) in [6, 6.07) is 6.24. The summed E-state index contributed by atoms with van der Waals surface area (Å²) in [4.78, 5) is 26.9. The van der Waals surface area contributed by atoms with Crippen molar-refractivity contribution in [3.8, 4) is 5.75 Å². The Kier molecular flexibility index (Phi) is 7.14. The Morgan fingerprint density at radius 3 is 2.27 bits per heavy atom. The van der Waals surface area contributed by atoms with Gasteiger partial charge in [-0.15, -0.1) is 0 Å². The number of nitrogens with one attached hydrogen (secondary N) is 1. The van der Waals surface area contributed by atoms with E-state index in [1.807, 2.05) is 17.0 Å². The van der Waals surface area contributed by atoms with Crippen LogP contribution in [0.5, 0.6) is 5.75 Å². The number of carbonyl (C=O) groups is 2. The predicted molar refractivity (Wildman–Crippen MR) is 107 cm³/mol. The third-order valence-corrected chi connectivity index (χ3v) is 5.43. The van der Waals surface area contributed by atoms with Crippen molar-refractivity contribution in [2.24, 2.45) is 0 Å². The highest BCUT2D eigenvalue weighted by Gasteiger charge is 2.46. The maximum absolute atomic E-state index is 11.5. The summed E-state index contributed by atoms with van der Waals surface area (Å²) >= 11 is 0. The minimum absolute atomic E-state index is 0.0769. The number of carbonyl (C=O) groups excluding carboxylic acids is 2. The van der Waals surface area contributed by atoms with Crippen LogP contribution in [0.2, 0.25) is 0 Å². The molecule has 5 unspecified atom stereocenters. The van der Waals surface area contributed by atoms with Crippen LogP contribution in [0.25, 0.3) is 0 Å². The zero-order valence-electron chi connectivity index (χ0n) is 17.1. The van der Waals surface area contributed by atoms with E-state index in [9.17, 15) is 24.9 Å². The first-order chi connectivity index (χ1) is 14.3. The number of ether oxygens (including phenoxy) is 2. The van der Waals surface area contributed by atoms with Crippen LogP contribution in [0.3, 0.4) is 0 Å². The van der Waals surface area contributed by atoms with Crippen LogP contribution >= 0.6 is 0 Å². The smallest absolute Gasteiger partial charge is 0.223 e. The molecule has 166 valence electrons. The highest BCUT2D eigenvalue weighted by atomic mass is 16.7. The van der Waals surface area contributed by atoms with Crippen molar-refractivity contribution in [1.82, 2.24) is 10.2 Å². The third kappa shape index (κ3) is 5.01. The molecule has 10 heteroatoms. The van der Waals surface area contributed by atoms with Gasteiger partial charge < -0.3 is 39.9 Å². The average Bonchev–Trinajstić information content (AvgIpc) is 2.73. The fraction of sp³-hybridized carbons (Fsp3) is 0.600. The van der Waals surface area contributed by atoms with Crippen molar-refractivity contribution in [1.29, 1.82) is 0 Å². The number of aliphatic hydroxyl groups excluding tert-OH is 3. The summed E-state index contributed by atoms with van der Waals surface area (Å²) in [5.74, 6) is 0.112. The number of anilines is 1. The number of hydrogen-bond acceptors (Lipinski definition) is 8. The Morgan fingerprint density at radius 2 is 1.73 bits per heavy atom. The number of aliphatic hydroxyl groups is 3. The number of piperazine rings is 1. The van der Waals surface area contributed by atoms with E-state index in [0.717, 1.165) is 18.8 Å². The Hall–Kier alpha value is -2.40. The molecule has 0 saturated carbocycles. The third-order valence-electron chi connectivity index (χ3n) is 5.43. The lowest BCUT2D eigenvalue weighted by atomic mass is 9.97. The number of rotatable bonds is 5. The molecular weight excluding hydrogens is 394 g/mol. The van der Waals surface area contributed by atoms with Gasteiger partial charge in [-0.05, 0) is 24.3 Å². The van der Waals surface area contributed by atoms with E-state index in [-0.39, 0.29) is 5.91 Å². The van der Waals surface area contributed by atoms with Crippen LogP contribution in [-0.4, -0.2) is 95.5 Å². The average molecular weight is 423 g/mol. The molecule has 2 aliphatic rings. The second-order valence-electron chi connectivity index (χ2n) is 7.54. The molecule has 5 atom stereocenters. The van der Waals surface area contributed by atoms with Crippen molar-refractivity contribution in [3.63, 3.8) is 0 Å². The lowest BCUT2D eigenvalue weighted by Gasteiger charge is -2.42. The van der Waals surface area contributed by atoms with Gasteiger partial charge in [-0.3, -0.25) is 9.59 Å². The number of benzene rings is 1. The molecule has 0 radical (unpaired) electrons. The molecule has 1 aromatic rings. The molecule has 0 bridgehead atoms. The summed E-state index contributed by atoms with van der Waals surface area (Å²) in [6.07, 6.45) is -4.84. The molecule has 2 saturated heterocycles. The van der Waals surface area contributed by atoms with Crippen LogP contribution in [0.4, 0.5) is 5.69 Å². The molecule has 30 heavy (non-hydrogen) atoms. The van der Waals surface area contributed by atoms with E-state index < -0.39 is 43.2 Å². The highest BCUT2D eigenvalue weighted by molar-refractivity contribution is 5.74. The first-order valence-electron chi connectivity index (χ1n) is 9.97. The fourth-order valence-electron chi connectivity index (χ4n) is 3.72. The minimum atomic E-state index is -1.36. The molecule has 2 fully saturated rings. The van der Waals surface area contributed by atoms with E-state index in [2.05, 4.69) is 10.2 Å². The van der Waals surface area contributed by atoms with Crippen molar-refractivity contribution in [2.75, 3.05) is 37.7 Å². The number of amides is 2. The zero-order valence-corrected chi connectivity index (χ0v) is 17.1. The van der Waals surface area contributed by atoms with Crippen molar-refractivity contribution >= 4 is 17.5 Å². The molecular formula is C20H29N3O7. The summed E-state index contributed by atoms with van der Waals surface area (Å²) in [6.45, 7) is 5.16. The van der Waals surface area contributed by atoms with E-state index in [4.69, 9.17) is 9.47 Å². The highest BCUT2D eigenvalue weighted by Crippen LogP contribution is 2.26. The van der Waals surface area contributed by atoms with Crippen LogP contribution in [0.15, 0.2) is 24.3 Å². The van der Waals surface area contributed by atoms with E-state index in [0.29, 0.717) is 18.8 Å². The molecule has 2 aliphatic heterocycles. The molecule has 2 amide bonds. The Labute approximate surface area is 175 Å². The standard InChI is InChI=1S/C20H29N3O7/c1-12(25)21-17-19(28)18(27)16(11-24)30-20(17)29-15-5-3-14(4-6-15)23-9-7-22(8-10-23)13(2)26/h3-6,16-20,24,27-28H,7-11H2,1-2H3,(H,21,25). The molecule has 4 N–H and O–H groups in total. The normalized spacial score (nSPS) is 29.4. The van der Waals surface area contributed by atoms with Crippen LogP contribution in [-0.2, 0) is 14.3 Å². The lowest BCUT2D eigenvalue weighted by Crippen LogP contribution is -2.65. The van der Waals surface area contributed by atoms with Crippen LogP contribution in [0.1, 0.15) is 13.8 Å². The van der Waals surface area contributed by atoms with Crippen LogP contribution < -0.4 is 15.0 Å². The largest absolute Gasteiger partial charge is 0.463 e. The SMILES string of the molecule is CC(=O)NC1C(Oc2ccc(N3CCN(C(C)=O)CC3)cc2)OC(CO)C(O)C1O. The van der Waals surface area contributed by atoms with E-state index >= 15 is 0 Å². The van der Waals surface area contributed by atoms with E-state index in [1.165, 1.54) is 6.92 Å². The Bertz CT molecular complexity index is 736. The van der Waals surface area contributed by atoms with Crippen molar-refractivity contribution in [3.05, 3.63) is 24.3 Å². The fourth-order valence-corrected chi connectivity index (χ4v) is 3.72. The van der Waals surface area contributed by atoms with Gasteiger partial charge in [-0.1, -0.05) is 0 Å². The van der Waals surface area contributed by atoms with Gasteiger partial charge in [0.2, 0.25) is 18.1 Å². The monoisotopic (exact) mass is 423 g/mol. The second-order valence-corrected chi connectivity index (χ2v) is 7.54. The molecule has 2 heterocycles. The second kappa shape index (κ2) is 9.61. The predicted octanol–water partition coefficient (Wildman–Crippen LogP) is -1.32. The van der Waals surface area contributed by atoms with E-state index in [1.54, 1.807) is 19.1 Å². The molecule has 0 aromatic heterocycles. The molecule has 3 rings (SSSR count). The van der Waals surface area contributed by atoms with Gasteiger partial charge in [0.05, 0.1) is 6.61 Å². The van der Waals surface area contributed by atoms with Gasteiger partial charge in [0.1, 0.15) is 30.1 Å². The van der Waals surface area contributed by atoms with Crippen LogP contribution in [0, 0.1) is 0 Å². The summed E-state index contributed by atoms with van der Waals surface area (Å²) in [5, 5.41) is 32.3. The first kappa shape index (κ1) is 22.3. The van der Waals surface area contributed by atoms with Gasteiger partial charge >= 0.3 is 0 Å².